The number of rotatable bonds is 7. The van der Waals surface area contributed by atoms with Crippen LogP contribution in [0.25, 0.3) is 0 Å². The largest absolute Gasteiger partial charge is 0.481 e. The number of aliphatic hydroxyl groups is 1. The molecule has 0 spiro atoms. The Balaban J connectivity index is 3.11. The molecule has 2 unspecified atom stereocenters. The molecule has 3 heteroatoms. The second kappa shape index (κ2) is 6.36. The van der Waals surface area contributed by atoms with Gasteiger partial charge in [0.1, 0.15) is 5.60 Å². The molecule has 2 atom stereocenters. The Morgan fingerprint density at radius 2 is 2.06 bits per heavy atom. The van der Waals surface area contributed by atoms with E-state index in [9.17, 15) is 15.0 Å². The maximum absolute atomic E-state index is 11.4. The number of unbranched alkanes of at least 4 members (excludes halogenated alkanes) is 1. The van der Waals surface area contributed by atoms with Crippen molar-refractivity contribution in [2.75, 3.05) is 0 Å². The number of aliphatic carboxylic acids is 1. The monoisotopic (exact) mass is 248 g/mol. The molecular formula is C15H20O3. The van der Waals surface area contributed by atoms with Crippen LogP contribution < -0.4 is 0 Å². The van der Waals surface area contributed by atoms with E-state index in [0.717, 1.165) is 12.8 Å². The number of hydrogen-bond acceptors (Lipinski definition) is 2. The second-order valence-corrected chi connectivity index (χ2v) is 4.43. The fourth-order valence-electron chi connectivity index (χ4n) is 2.11. The standard InChI is InChI=1S/C15H20O3/c1-3-5-11-13(14(16)17)15(18,4-2)12-9-7-6-8-10-12/h4,6-10,13,18H,2-3,5,11H2,1H3,(H,16,17). The molecule has 0 fully saturated rings. The third-order valence-electron chi connectivity index (χ3n) is 3.22. The Kier molecular flexibility index (Phi) is 5.10. The topological polar surface area (TPSA) is 57.5 Å². The van der Waals surface area contributed by atoms with Gasteiger partial charge in [0.05, 0.1) is 5.92 Å². The fourth-order valence-corrected chi connectivity index (χ4v) is 2.11. The second-order valence-electron chi connectivity index (χ2n) is 4.43. The summed E-state index contributed by atoms with van der Waals surface area (Å²) in [5.41, 5.74) is -0.939. The average Bonchev–Trinajstić information content (AvgIpc) is 2.39. The van der Waals surface area contributed by atoms with Crippen molar-refractivity contribution in [1.29, 1.82) is 0 Å². The lowest BCUT2D eigenvalue weighted by Crippen LogP contribution is -2.38. The number of benzene rings is 1. The van der Waals surface area contributed by atoms with Crippen LogP contribution >= 0.6 is 0 Å². The van der Waals surface area contributed by atoms with Gasteiger partial charge in [-0.3, -0.25) is 4.79 Å². The molecule has 1 aromatic rings. The van der Waals surface area contributed by atoms with Crippen LogP contribution in [0.1, 0.15) is 31.7 Å². The average molecular weight is 248 g/mol. The van der Waals surface area contributed by atoms with Crippen molar-refractivity contribution >= 4 is 5.97 Å². The highest BCUT2D eigenvalue weighted by atomic mass is 16.4. The van der Waals surface area contributed by atoms with Crippen molar-refractivity contribution in [1.82, 2.24) is 0 Å². The van der Waals surface area contributed by atoms with Crippen LogP contribution in [0, 0.1) is 5.92 Å². The first-order valence-electron chi connectivity index (χ1n) is 6.20. The SMILES string of the molecule is C=CC(O)(c1ccccc1)C(CCCC)C(=O)O. The van der Waals surface area contributed by atoms with Crippen LogP contribution in [0.4, 0.5) is 0 Å². The first-order valence-corrected chi connectivity index (χ1v) is 6.20. The maximum Gasteiger partial charge on any atom is 0.310 e. The molecule has 1 aromatic carbocycles. The highest BCUT2D eigenvalue weighted by molar-refractivity contribution is 5.72. The zero-order valence-corrected chi connectivity index (χ0v) is 10.7. The highest BCUT2D eigenvalue weighted by Crippen LogP contribution is 2.34. The van der Waals surface area contributed by atoms with Crippen molar-refractivity contribution in [2.24, 2.45) is 5.92 Å². The molecular weight excluding hydrogens is 228 g/mol. The summed E-state index contributed by atoms with van der Waals surface area (Å²) < 4.78 is 0. The normalized spacial score (nSPS) is 15.7. The van der Waals surface area contributed by atoms with Gasteiger partial charge in [-0.1, -0.05) is 62.8 Å². The molecule has 0 aliphatic carbocycles. The number of carbonyl (C=O) groups is 1. The molecule has 0 bridgehead atoms. The van der Waals surface area contributed by atoms with Crippen molar-refractivity contribution < 1.29 is 15.0 Å². The van der Waals surface area contributed by atoms with Gasteiger partial charge in [0.15, 0.2) is 0 Å². The Hall–Kier alpha value is -1.61. The van der Waals surface area contributed by atoms with Gasteiger partial charge < -0.3 is 10.2 Å². The summed E-state index contributed by atoms with van der Waals surface area (Å²) in [4.78, 5) is 11.4. The molecule has 2 N–H and O–H groups in total. The first kappa shape index (κ1) is 14.5. The first-order chi connectivity index (χ1) is 8.56. The number of carboxylic acid groups (broad SMARTS) is 1. The van der Waals surface area contributed by atoms with E-state index in [1.54, 1.807) is 24.3 Å². The van der Waals surface area contributed by atoms with Crippen LogP contribution in [0.5, 0.6) is 0 Å². The van der Waals surface area contributed by atoms with Gasteiger partial charge >= 0.3 is 5.97 Å². The highest BCUT2D eigenvalue weighted by Gasteiger charge is 2.39. The minimum atomic E-state index is -1.51. The van der Waals surface area contributed by atoms with E-state index in [2.05, 4.69) is 6.58 Å². The van der Waals surface area contributed by atoms with Gasteiger partial charge in [-0.05, 0) is 12.0 Å². The van der Waals surface area contributed by atoms with Gasteiger partial charge in [-0.2, -0.15) is 0 Å². The van der Waals surface area contributed by atoms with Crippen LogP contribution in [-0.2, 0) is 10.4 Å². The van der Waals surface area contributed by atoms with E-state index in [1.807, 2.05) is 13.0 Å². The van der Waals surface area contributed by atoms with E-state index in [1.165, 1.54) is 6.08 Å². The predicted molar refractivity (Wildman–Crippen MR) is 71.2 cm³/mol. The Morgan fingerprint density at radius 3 is 2.50 bits per heavy atom. The van der Waals surface area contributed by atoms with Crippen molar-refractivity contribution in [3.05, 3.63) is 48.6 Å². The summed E-state index contributed by atoms with van der Waals surface area (Å²) in [7, 11) is 0. The molecule has 0 saturated heterocycles. The summed E-state index contributed by atoms with van der Waals surface area (Å²) in [6, 6.07) is 8.84. The van der Waals surface area contributed by atoms with Crippen molar-refractivity contribution in [3.8, 4) is 0 Å². The smallest absolute Gasteiger partial charge is 0.310 e. The van der Waals surface area contributed by atoms with Gasteiger partial charge in [0.2, 0.25) is 0 Å². The molecule has 3 nitrogen and oxygen atoms in total. The van der Waals surface area contributed by atoms with E-state index in [4.69, 9.17) is 0 Å². The number of carboxylic acids is 1. The van der Waals surface area contributed by atoms with Crippen LogP contribution in [-0.4, -0.2) is 16.2 Å². The van der Waals surface area contributed by atoms with Gasteiger partial charge in [-0.25, -0.2) is 0 Å². The quantitative estimate of drug-likeness (QED) is 0.729. The minimum absolute atomic E-state index is 0.434. The van der Waals surface area contributed by atoms with E-state index >= 15 is 0 Å². The predicted octanol–water partition coefficient (Wildman–Crippen LogP) is 2.95. The zero-order valence-electron chi connectivity index (χ0n) is 10.7. The summed E-state index contributed by atoms with van der Waals surface area (Å²) in [5.74, 6) is -1.85. The minimum Gasteiger partial charge on any atom is -0.481 e. The maximum atomic E-state index is 11.4. The van der Waals surface area contributed by atoms with Gasteiger partial charge in [0, 0.05) is 0 Å². The van der Waals surface area contributed by atoms with Crippen LogP contribution in [0.3, 0.4) is 0 Å². The molecule has 0 heterocycles. The molecule has 0 radical (unpaired) electrons. The lowest BCUT2D eigenvalue weighted by atomic mass is 9.78. The number of hydrogen-bond donors (Lipinski definition) is 2. The molecule has 0 aromatic heterocycles. The summed E-state index contributed by atoms with van der Waals surface area (Å²) >= 11 is 0. The molecule has 18 heavy (non-hydrogen) atoms. The molecule has 0 aliphatic rings. The molecule has 0 saturated carbocycles. The Bertz CT molecular complexity index is 399. The summed E-state index contributed by atoms with van der Waals surface area (Å²) in [5, 5.41) is 20.0. The van der Waals surface area contributed by atoms with Gasteiger partial charge in [-0.15, -0.1) is 0 Å². The molecule has 0 amide bonds. The van der Waals surface area contributed by atoms with Crippen molar-refractivity contribution in [2.45, 2.75) is 31.8 Å². The third-order valence-corrected chi connectivity index (χ3v) is 3.22. The van der Waals surface area contributed by atoms with E-state index < -0.39 is 17.5 Å². The van der Waals surface area contributed by atoms with Crippen LogP contribution in [0.2, 0.25) is 0 Å². The summed E-state index contributed by atoms with van der Waals surface area (Å²) in [6.45, 7) is 5.60. The molecule has 98 valence electrons. The Morgan fingerprint density at radius 1 is 1.44 bits per heavy atom. The van der Waals surface area contributed by atoms with E-state index in [-0.39, 0.29) is 0 Å². The molecule has 1 rings (SSSR count). The lowest BCUT2D eigenvalue weighted by Gasteiger charge is -2.31. The third kappa shape index (κ3) is 2.99. The summed E-state index contributed by atoms with van der Waals surface area (Å²) in [6.07, 6.45) is 3.42. The fraction of sp³-hybridized carbons (Fsp3) is 0.400. The van der Waals surface area contributed by atoms with Crippen LogP contribution in [0.15, 0.2) is 43.0 Å². The van der Waals surface area contributed by atoms with Crippen molar-refractivity contribution in [3.63, 3.8) is 0 Å². The lowest BCUT2D eigenvalue weighted by molar-refractivity contribution is -0.150. The molecule has 0 aliphatic heterocycles. The van der Waals surface area contributed by atoms with Gasteiger partial charge in [0.25, 0.3) is 0 Å². The zero-order chi connectivity index (χ0) is 13.6. The Labute approximate surface area is 108 Å². The van der Waals surface area contributed by atoms with E-state index in [0.29, 0.717) is 12.0 Å².